The molecule has 4 aromatic carbocycles. The maximum Gasteiger partial charge on any atom is 0.490 e. The fraction of sp³-hybridized carbons (Fsp3) is 0.406. The lowest BCUT2D eigenvalue weighted by molar-refractivity contribution is -0.126. The number of phosphoric acid groups is 3. The van der Waals surface area contributed by atoms with E-state index in [9.17, 15) is 70.8 Å². The van der Waals surface area contributed by atoms with Gasteiger partial charge in [-0.1, -0.05) is 53.4 Å². The quantitative estimate of drug-likeness (QED) is 0.00274. The third-order valence-electron chi connectivity index (χ3n) is 15.6. The number of nitrogens with two attached hydrogens (primary N) is 1. The first-order valence-electron chi connectivity index (χ1n) is 32.5. The number of ketones is 1. The molecule has 36 nitrogen and oxygen atoms in total. The van der Waals surface area contributed by atoms with E-state index < -0.39 is 106 Å². The zero-order valence-electron chi connectivity index (χ0n) is 56.7. The number of carbonyl (C=O) groups excluding carboxylic acids is 4. The number of carbonyl (C=O) groups is 4. The number of para-hydroxylation sites is 1. The van der Waals surface area contributed by atoms with Crippen molar-refractivity contribution in [1.29, 1.82) is 0 Å². The molecule has 4 heterocycles. The van der Waals surface area contributed by atoms with Crippen LogP contribution in [0, 0.1) is 11.8 Å². The average Bonchev–Trinajstić information content (AvgIpc) is 1.72. The summed E-state index contributed by atoms with van der Waals surface area (Å²) in [7, 11) is -21.4. The summed E-state index contributed by atoms with van der Waals surface area (Å²) in [5.74, 6) is 2.87. The van der Waals surface area contributed by atoms with Crippen molar-refractivity contribution in [3.8, 4) is 39.3 Å². The van der Waals surface area contributed by atoms with Crippen molar-refractivity contribution in [2.75, 3.05) is 95.3 Å². The number of azide groups is 1. The Morgan fingerprint density at radius 2 is 1.64 bits per heavy atom. The van der Waals surface area contributed by atoms with Crippen molar-refractivity contribution >= 4 is 101 Å². The number of nitrogens with one attached hydrogen (secondary N) is 2. The van der Waals surface area contributed by atoms with E-state index in [0.717, 1.165) is 15.0 Å². The van der Waals surface area contributed by atoms with Crippen LogP contribution in [0.1, 0.15) is 91.8 Å². The second-order valence-corrected chi connectivity index (χ2v) is 30.0. The lowest BCUT2D eigenvalue weighted by Gasteiger charge is -2.25. The Hall–Kier alpha value is -8.63. The fourth-order valence-electron chi connectivity index (χ4n) is 10.9. The minimum atomic E-state index is -5.80. The topological polar surface area (TPSA) is 512 Å². The molecular weight excluding hydrogens is 1480 g/mol. The molecule has 6 unspecified atom stereocenters. The summed E-state index contributed by atoms with van der Waals surface area (Å²) in [6.07, 6.45) is -2.91. The maximum absolute atomic E-state index is 14.9. The van der Waals surface area contributed by atoms with Gasteiger partial charge >= 0.3 is 34.8 Å². The first-order chi connectivity index (χ1) is 50.0. The molecule has 6 atom stereocenters. The van der Waals surface area contributed by atoms with Crippen LogP contribution >= 0.6 is 34.8 Å². The Morgan fingerprint density at radius 1 is 0.895 bits per heavy atom. The molecule has 1 saturated heterocycles. The van der Waals surface area contributed by atoms with Gasteiger partial charge in [-0.05, 0) is 99.7 Å². The third kappa shape index (κ3) is 24.5. The van der Waals surface area contributed by atoms with E-state index in [4.69, 9.17) is 53.1 Å². The standard InChI is InChI=1S/C64H76N11O25P3S2/c1-4-73(5-2)43-25-26-48-50(35-43)98-63(80)58(61-69-49-23-9-10-24-53(49)104-61)57(48)46-21-7-8-22-47(46)62(79)74(30-15-33-105(89,90)91)29-14-19-44(76)18-13-28-68-60(78)41-16-11-20-45(34-41)95-40-55(71-72-66)94-32-31-92-39-54(77)67-27-12-17-42-37-75(64(81)70-59(42)65)56-36-51(93-6-3)52(97-56)38-96-102(85,86)100-103(87,88)99-101(82,83)84/h7-11,16,20-26,34-35,37,51-52,55-56H,4-6,13-15,18-19,27-33,36,38-40H2,1-3H3,(H,67,77)(H,68,78)(H,85,86)(H,87,88)(H2,65,70,81)(H2,82,83,84)(H,89,90,91). The highest BCUT2D eigenvalue weighted by molar-refractivity contribution is 7.85. The van der Waals surface area contributed by atoms with E-state index in [1.165, 1.54) is 34.6 Å². The molecule has 0 saturated carbocycles. The molecule has 0 radical (unpaired) electrons. The van der Waals surface area contributed by atoms with Crippen molar-refractivity contribution in [3.63, 3.8) is 0 Å². The number of amides is 3. The van der Waals surface area contributed by atoms with Crippen LogP contribution in [0.3, 0.4) is 0 Å². The van der Waals surface area contributed by atoms with Crippen LogP contribution < -0.4 is 37.3 Å². The summed E-state index contributed by atoms with van der Waals surface area (Å²) in [5, 5.41) is 9.78. The summed E-state index contributed by atoms with van der Waals surface area (Å²) in [5.41, 5.74) is 16.7. The Kier molecular flexibility index (Phi) is 29.7. The number of anilines is 2. The molecule has 1 fully saturated rings. The van der Waals surface area contributed by atoms with Crippen LogP contribution in [-0.4, -0.2) is 179 Å². The molecular formula is C64H76N11O25P3S2. The van der Waals surface area contributed by atoms with Crippen LogP contribution in [0.15, 0.2) is 116 Å². The number of rotatable bonds is 40. The van der Waals surface area contributed by atoms with Gasteiger partial charge in [0.05, 0.1) is 54.0 Å². The van der Waals surface area contributed by atoms with Gasteiger partial charge in [0.15, 0.2) is 6.23 Å². The van der Waals surface area contributed by atoms with E-state index in [1.807, 2.05) is 50.2 Å². The normalized spacial score (nSPS) is 15.9. The van der Waals surface area contributed by atoms with Gasteiger partial charge in [0, 0.05) is 104 Å². The zero-order valence-corrected chi connectivity index (χ0v) is 61.0. The number of aromatic nitrogens is 3. The lowest BCUT2D eigenvalue weighted by Crippen LogP contribution is -2.34. The predicted octanol–water partition coefficient (Wildman–Crippen LogP) is 7.25. The van der Waals surface area contributed by atoms with Crippen LogP contribution in [0.5, 0.6) is 5.75 Å². The van der Waals surface area contributed by atoms with Gasteiger partial charge < -0.3 is 73.8 Å². The van der Waals surface area contributed by atoms with Crippen molar-refractivity contribution in [3.05, 3.63) is 145 Å². The first kappa shape index (κ1) is 82.0. The van der Waals surface area contributed by atoms with Gasteiger partial charge in [0.2, 0.25) is 5.91 Å². The first-order valence-corrected chi connectivity index (χ1v) is 39.4. The van der Waals surface area contributed by atoms with Gasteiger partial charge in [-0.25, -0.2) is 28.3 Å². The van der Waals surface area contributed by atoms with E-state index >= 15 is 0 Å². The van der Waals surface area contributed by atoms with Crippen LogP contribution in [0.2, 0.25) is 0 Å². The number of nitrogen functional groups attached to an aromatic ring is 1. The number of phosphoric ester groups is 1. The summed E-state index contributed by atoms with van der Waals surface area (Å²) >= 11 is 1.30. The third-order valence-corrected chi connectivity index (χ3v) is 21.2. The monoisotopic (exact) mass is 1560 g/mol. The number of thiazole rings is 1. The second kappa shape index (κ2) is 38.1. The summed E-state index contributed by atoms with van der Waals surface area (Å²) in [6, 6.07) is 25.8. The molecule has 1 aliphatic heterocycles. The number of nitrogens with zero attached hydrogens (tertiary/aromatic N) is 8. The van der Waals surface area contributed by atoms with Crippen LogP contribution in [-0.2, 0) is 65.5 Å². The molecule has 564 valence electrons. The van der Waals surface area contributed by atoms with Gasteiger partial charge in [-0.3, -0.25) is 32.8 Å². The molecule has 9 N–H and O–H groups in total. The largest absolute Gasteiger partial charge is 0.491 e. The van der Waals surface area contributed by atoms with E-state index in [-0.39, 0.29) is 131 Å². The SMILES string of the molecule is CCOC1CC(n2cc(C#CCNC(=O)COCCOC(COc3cccc(C(=O)NCCCC(=O)CCCN(CCCS(=O)(=O)O)C(=O)c4ccccc4-c4c(-c5nc6ccccc6s5)c(=O)oc5cc(N(CC)CC)ccc45)c3)N=[N+]=[N-])c(N)nc2=O)OC1COP(=O)(O)OP(=O)(O)OP(=O)(O)O. The van der Waals surface area contributed by atoms with E-state index in [1.54, 1.807) is 49.4 Å². The zero-order chi connectivity index (χ0) is 76.1. The van der Waals surface area contributed by atoms with Crippen molar-refractivity contribution in [2.45, 2.75) is 84.0 Å². The van der Waals surface area contributed by atoms with Crippen molar-refractivity contribution in [2.24, 2.45) is 5.11 Å². The van der Waals surface area contributed by atoms with Crippen molar-refractivity contribution in [1.82, 2.24) is 30.1 Å². The highest BCUT2D eigenvalue weighted by Crippen LogP contribution is 2.66. The molecule has 41 heteroatoms. The minimum absolute atomic E-state index is 0.0199. The molecule has 7 aromatic rings. The molecule has 105 heavy (non-hydrogen) atoms. The number of benzene rings is 4. The highest BCUT2D eigenvalue weighted by Gasteiger charge is 2.44. The van der Waals surface area contributed by atoms with E-state index in [2.05, 4.69) is 51.0 Å². The predicted molar refractivity (Wildman–Crippen MR) is 381 cm³/mol. The molecule has 0 bridgehead atoms. The van der Waals surface area contributed by atoms with Crippen LogP contribution in [0.4, 0.5) is 11.5 Å². The van der Waals surface area contributed by atoms with Gasteiger partial charge in [0.1, 0.15) is 59.1 Å². The fourth-order valence-corrected chi connectivity index (χ4v) is 15.4. The van der Waals surface area contributed by atoms with Crippen molar-refractivity contribution < 1.29 is 107 Å². The van der Waals surface area contributed by atoms with Gasteiger partial charge in [-0.15, -0.1) is 11.3 Å². The molecule has 8 rings (SSSR count). The Morgan fingerprint density at radius 3 is 2.37 bits per heavy atom. The molecule has 3 amide bonds. The molecule has 0 aliphatic carbocycles. The molecule has 3 aromatic heterocycles. The lowest BCUT2D eigenvalue weighted by atomic mass is 9.92. The van der Waals surface area contributed by atoms with E-state index in [0.29, 0.717) is 45.7 Å². The smallest absolute Gasteiger partial charge is 0.490 e. The Labute approximate surface area is 603 Å². The number of Topliss-reactive ketones (excluding diaryl/α,β-unsaturated/α-hetero) is 1. The Bertz CT molecular complexity index is 4750. The van der Waals surface area contributed by atoms with Gasteiger partial charge in [0.25, 0.3) is 21.9 Å². The number of hydrogen-bond acceptors (Lipinski definition) is 26. The molecule has 0 spiro atoms. The average molecular weight is 1560 g/mol. The second-order valence-electron chi connectivity index (χ2n) is 22.9. The summed E-state index contributed by atoms with van der Waals surface area (Å²) < 4.78 is 117. The molecule has 1 aliphatic rings. The van der Waals surface area contributed by atoms with Gasteiger partial charge in [-0.2, -0.15) is 22.0 Å². The Balaban J connectivity index is 0.772. The van der Waals surface area contributed by atoms with Crippen LogP contribution in [0.25, 0.3) is 53.3 Å². The summed E-state index contributed by atoms with van der Waals surface area (Å²) in [6.45, 7) is 5.00. The minimum Gasteiger partial charge on any atom is -0.491 e. The highest BCUT2D eigenvalue weighted by atomic mass is 32.2. The maximum atomic E-state index is 14.9. The summed E-state index contributed by atoms with van der Waals surface area (Å²) in [4.78, 5) is 133. The number of ether oxygens (including phenoxy) is 5. The number of fused-ring (bicyclic) bond motifs is 2. The number of hydrogen-bond donors (Lipinski definition) is 8.